The predicted molar refractivity (Wildman–Crippen MR) is 98.3 cm³/mol. The summed E-state index contributed by atoms with van der Waals surface area (Å²) in [4.78, 5) is 0. The second-order valence-corrected chi connectivity index (χ2v) is 5.51. The number of hydrogen-bond donors (Lipinski definition) is 0. The highest BCUT2D eigenvalue weighted by atomic mass is 16.5. The minimum atomic E-state index is 0.748. The molecule has 0 unspecified atom stereocenters. The molecule has 142 valence electrons. The van der Waals surface area contributed by atoms with Gasteiger partial charge in [0.1, 0.15) is 0 Å². The van der Waals surface area contributed by atoms with E-state index in [1.54, 1.807) is 0 Å². The zero-order valence-corrected chi connectivity index (χ0v) is 16.2. The van der Waals surface area contributed by atoms with Crippen LogP contribution in [-0.2, 0) is 18.9 Å². The Bertz CT molecular complexity index is 159. The van der Waals surface area contributed by atoms with E-state index in [2.05, 4.69) is 27.7 Å². The maximum atomic E-state index is 5.36. The molecule has 0 saturated heterocycles. The Morgan fingerprint density at radius 3 is 1.13 bits per heavy atom. The lowest BCUT2D eigenvalue weighted by atomic mass is 10.3. The minimum Gasteiger partial charge on any atom is -0.379 e. The Labute approximate surface area is 145 Å². The summed E-state index contributed by atoms with van der Waals surface area (Å²) >= 11 is 0. The van der Waals surface area contributed by atoms with Gasteiger partial charge in [0.15, 0.2) is 0 Å². The van der Waals surface area contributed by atoms with Gasteiger partial charge >= 0.3 is 0 Å². The molecule has 0 fully saturated rings. The lowest BCUT2D eigenvalue weighted by Gasteiger charge is -2.03. The smallest absolute Gasteiger partial charge is 0.0700 e. The van der Waals surface area contributed by atoms with Crippen molar-refractivity contribution >= 4 is 0 Å². The normalized spacial score (nSPS) is 10.4. The van der Waals surface area contributed by atoms with E-state index in [1.165, 1.54) is 25.7 Å². The van der Waals surface area contributed by atoms with E-state index >= 15 is 0 Å². The first-order chi connectivity index (χ1) is 11.3. The minimum absolute atomic E-state index is 0.748. The van der Waals surface area contributed by atoms with Crippen molar-refractivity contribution in [1.82, 2.24) is 0 Å². The molecular weight excluding hydrogens is 292 g/mol. The van der Waals surface area contributed by atoms with E-state index in [0.29, 0.717) is 0 Å². The Balaban J connectivity index is 0. The highest BCUT2D eigenvalue weighted by Gasteiger charge is 1.89. The number of rotatable bonds is 17. The Morgan fingerprint density at radius 1 is 0.348 bits per heavy atom. The summed E-state index contributed by atoms with van der Waals surface area (Å²) in [5, 5.41) is 0. The molecule has 0 N–H and O–H groups in total. The predicted octanol–water partition coefficient (Wildman–Crippen LogP) is 4.85. The first-order valence-corrected chi connectivity index (χ1v) is 9.64. The van der Waals surface area contributed by atoms with Crippen LogP contribution in [0.3, 0.4) is 0 Å². The van der Waals surface area contributed by atoms with Crippen LogP contribution in [0.1, 0.15) is 72.6 Å². The van der Waals surface area contributed by atoms with Gasteiger partial charge in [0.25, 0.3) is 0 Å². The van der Waals surface area contributed by atoms with Crippen LogP contribution in [0.5, 0.6) is 0 Å². The molecule has 4 nitrogen and oxygen atoms in total. The standard InChI is InChI=1S/C10H22O2.C9H20O2/c1-3-5-6-8-12-10-9-11-7-4-2;1-3-5-7-11-9-8-10-6-4-2/h3-10H2,1-2H3;3-9H2,1-2H3. The molecule has 0 radical (unpaired) electrons. The molecule has 0 saturated carbocycles. The maximum Gasteiger partial charge on any atom is 0.0700 e. The van der Waals surface area contributed by atoms with Crippen molar-refractivity contribution in [3.8, 4) is 0 Å². The number of unbranched alkanes of at least 4 members (excludes halogenated alkanes) is 3. The summed E-state index contributed by atoms with van der Waals surface area (Å²) in [5.74, 6) is 0. The van der Waals surface area contributed by atoms with Crippen LogP contribution < -0.4 is 0 Å². The number of ether oxygens (including phenoxy) is 4. The summed E-state index contributed by atoms with van der Waals surface area (Å²) in [5.41, 5.74) is 0. The molecule has 23 heavy (non-hydrogen) atoms. The van der Waals surface area contributed by atoms with Gasteiger partial charge in [-0.15, -0.1) is 0 Å². The van der Waals surface area contributed by atoms with Gasteiger partial charge in [-0.25, -0.2) is 0 Å². The summed E-state index contributed by atoms with van der Waals surface area (Å²) in [6, 6.07) is 0. The molecule has 0 bridgehead atoms. The van der Waals surface area contributed by atoms with E-state index in [1.807, 2.05) is 0 Å². The van der Waals surface area contributed by atoms with Gasteiger partial charge < -0.3 is 18.9 Å². The highest BCUT2D eigenvalue weighted by Crippen LogP contribution is 1.93. The molecule has 0 aliphatic rings. The molecule has 0 aromatic rings. The fourth-order valence-electron chi connectivity index (χ4n) is 1.63. The van der Waals surface area contributed by atoms with Crippen LogP contribution in [0.15, 0.2) is 0 Å². The van der Waals surface area contributed by atoms with Crippen LogP contribution >= 0.6 is 0 Å². The van der Waals surface area contributed by atoms with E-state index in [9.17, 15) is 0 Å². The molecule has 4 heteroatoms. The summed E-state index contributed by atoms with van der Waals surface area (Å²) in [6.45, 7) is 15.1. The van der Waals surface area contributed by atoms with Gasteiger partial charge in [-0.2, -0.15) is 0 Å². The Morgan fingerprint density at radius 2 is 0.739 bits per heavy atom. The molecule has 0 aliphatic carbocycles. The van der Waals surface area contributed by atoms with Gasteiger partial charge in [-0.3, -0.25) is 0 Å². The van der Waals surface area contributed by atoms with E-state index in [4.69, 9.17) is 18.9 Å². The maximum absolute atomic E-state index is 5.36. The average molecular weight is 335 g/mol. The summed E-state index contributed by atoms with van der Waals surface area (Å²) in [6.07, 6.45) is 8.27. The number of hydrogen-bond acceptors (Lipinski definition) is 4. The second kappa shape index (κ2) is 26.7. The highest BCUT2D eigenvalue weighted by molar-refractivity contribution is 4.37. The molecule has 0 atom stereocenters. The molecule has 0 aromatic heterocycles. The van der Waals surface area contributed by atoms with Crippen molar-refractivity contribution in [2.75, 3.05) is 52.9 Å². The van der Waals surface area contributed by atoms with Crippen molar-refractivity contribution in [2.24, 2.45) is 0 Å². The monoisotopic (exact) mass is 334 g/mol. The Hall–Kier alpha value is -0.160. The molecule has 0 rings (SSSR count). The van der Waals surface area contributed by atoms with E-state index < -0.39 is 0 Å². The first kappa shape index (κ1) is 25.1. The van der Waals surface area contributed by atoms with Crippen molar-refractivity contribution in [1.29, 1.82) is 0 Å². The third kappa shape index (κ3) is 30.3. The first-order valence-electron chi connectivity index (χ1n) is 9.64. The third-order valence-corrected chi connectivity index (χ3v) is 2.98. The second-order valence-electron chi connectivity index (χ2n) is 5.51. The molecule has 0 aromatic carbocycles. The van der Waals surface area contributed by atoms with E-state index in [-0.39, 0.29) is 0 Å². The average Bonchev–Trinajstić information content (AvgIpc) is 2.57. The van der Waals surface area contributed by atoms with Crippen molar-refractivity contribution in [3.05, 3.63) is 0 Å². The van der Waals surface area contributed by atoms with Crippen LogP contribution in [0.2, 0.25) is 0 Å². The van der Waals surface area contributed by atoms with Crippen LogP contribution in [0, 0.1) is 0 Å². The molecular formula is C19H42O4. The zero-order valence-electron chi connectivity index (χ0n) is 16.2. The molecule has 0 heterocycles. The van der Waals surface area contributed by atoms with Crippen molar-refractivity contribution in [2.45, 2.75) is 72.6 Å². The fourth-order valence-corrected chi connectivity index (χ4v) is 1.63. The van der Waals surface area contributed by atoms with Gasteiger partial charge in [0.05, 0.1) is 26.4 Å². The summed E-state index contributed by atoms with van der Waals surface area (Å²) in [7, 11) is 0. The van der Waals surface area contributed by atoms with Gasteiger partial charge in [0.2, 0.25) is 0 Å². The largest absolute Gasteiger partial charge is 0.379 e. The van der Waals surface area contributed by atoms with Gasteiger partial charge in [-0.05, 0) is 25.7 Å². The van der Waals surface area contributed by atoms with Crippen LogP contribution in [0.25, 0.3) is 0 Å². The molecule has 0 aliphatic heterocycles. The topological polar surface area (TPSA) is 36.9 Å². The Kier molecular flexibility index (Phi) is 29.1. The molecule has 0 spiro atoms. The van der Waals surface area contributed by atoms with Gasteiger partial charge in [-0.1, -0.05) is 47.0 Å². The lowest BCUT2D eigenvalue weighted by Crippen LogP contribution is -2.05. The van der Waals surface area contributed by atoms with Gasteiger partial charge in [0, 0.05) is 26.4 Å². The SMILES string of the molecule is CCCCCOCCOCCC.CCCCOCCOCCC. The summed E-state index contributed by atoms with van der Waals surface area (Å²) < 4.78 is 21.2. The van der Waals surface area contributed by atoms with E-state index in [0.717, 1.165) is 72.1 Å². The quantitative estimate of drug-likeness (QED) is 0.356. The van der Waals surface area contributed by atoms with Crippen LogP contribution in [0.4, 0.5) is 0 Å². The van der Waals surface area contributed by atoms with Crippen LogP contribution in [-0.4, -0.2) is 52.9 Å². The van der Waals surface area contributed by atoms with Crippen molar-refractivity contribution in [3.63, 3.8) is 0 Å². The lowest BCUT2D eigenvalue weighted by molar-refractivity contribution is 0.0466. The zero-order chi connectivity index (χ0) is 17.4. The third-order valence-electron chi connectivity index (χ3n) is 2.98. The molecule has 0 amide bonds. The fraction of sp³-hybridized carbons (Fsp3) is 1.00. The van der Waals surface area contributed by atoms with Crippen molar-refractivity contribution < 1.29 is 18.9 Å².